The van der Waals surface area contributed by atoms with Crippen LogP contribution in [0.1, 0.15) is 54.3 Å². The fourth-order valence-electron chi connectivity index (χ4n) is 4.44. The maximum Gasteiger partial charge on any atom is 0.433 e. The molecule has 0 aliphatic carbocycles. The molecule has 1 unspecified atom stereocenters. The number of fused-ring (bicyclic) bond motifs is 1. The summed E-state index contributed by atoms with van der Waals surface area (Å²) < 4.78 is 48.6. The number of morpholine rings is 1. The number of rotatable bonds is 4. The molecule has 1 aromatic carbocycles. The van der Waals surface area contributed by atoms with Crippen molar-refractivity contribution in [1.29, 1.82) is 0 Å². The highest BCUT2D eigenvalue weighted by molar-refractivity contribution is 5.94. The molecule has 1 N–H and O–H groups in total. The van der Waals surface area contributed by atoms with Gasteiger partial charge >= 0.3 is 6.18 Å². The van der Waals surface area contributed by atoms with Crippen molar-refractivity contribution in [3.8, 4) is 0 Å². The number of halogens is 3. The van der Waals surface area contributed by atoms with Crippen LogP contribution in [-0.4, -0.2) is 50.6 Å². The van der Waals surface area contributed by atoms with Crippen molar-refractivity contribution in [2.75, 3.05) is 18.4 Å². The first-order valence-corrected chi connectivity index (χ1v) is 11.6. The van der Waals surface area contributed by atoms with Gasteiger partial charge in [0, 0.05) is 37.0 Å². The Labute approximate surface area is 206 Å². The van der Waals surface area contributed by atoms with Crippen LogP contribution in [0, 0.1) is 6.92 Å². The highest BCUT2D eigenvalue weighted by Gasteiger charge is 2.37. The third-order valence-corrected chi connectivity index (χ3v) is 6.28. The predicted octanol–water partition coefficient (Wildman–Crippen LogP) is 4.08. The van der Waals surface area contributed by atoms with E-state index in [0.29, 0.717) is 24.3 Å². The number of aromatic nitrogens is 3. The molecule has 1 aliphatic rings. The van der Waals surface area contributed by atoms with E-state index in [0.717, 1.165) is 0 Å². The average Bonchev–Trinajstić information content (AvgIpc) is 2.81. The fraction of sp³-hybridized carbons (Fsp3) is 0.440. The molecule has 0 spiro atoms. The van der Waals surface area contributed by atoms with E-state index in [1.807, 2.05) is 13.8 Å². The molecular formula is C25H28F3N5O3. The summed E-state index contributed by atoms with van der Waals surface area (Å²) in [5.41, 5.74) is -0.990. The number of anilines is 1. The third-order valence-electron chi connectivity index (χ3n) is 6.28. The Bertz CT molecular complexity index is 1340. The zero-order valence-electron chi connectivity index (χ0n) is 20.7. The SMILES string of the molecule is Cc1nc2nc(C(F)(F)F)c(C(C)Nc3ccc(C(=O)N4C[C@@H](C)O[C@@H](C)C4)cc3)cc2c(=O)n1C. The number of amides is 1. The quantitative estimate of drug-likeness (QED) is 0.577. The first-order valence-electron chi connectivity index (χ1n) is 11.6. The number of ether oxygens (including phenoxy) is 1. The molecule has 0 bridgehead atoms. The van der Waals surface area contributed by atoms with Crippen LogP contribution >= 0.6 is 0 Å². The van der Waals surface area contributed by atoms with Gasteiger partial charge in [-0.15, -0.1) is 0 Å². The lowest BCUT2D eigenvalue weighted by Crippen LogP contribution is -2.48. The van der Waals surface area contributed by atoms with Gasteiger partial charge in [-0.2, -0.15) is 13.2 Å². The Kier molecular flexibility index (Phi) is 6.78. The smallest absolute Gasteiger partial charge is 0.378 e. The molecule has 3 heterocycles. The number of hydrogen-bond acceptors (Lipinski definition) is 6. The van der Waals surface area contributed by atoms with E-state index in [1.165, 1.54) is 24.6 Å². The molecule has 0 radical (unpaired) electrons. The van der Waals surface area contributed by atoms with Gasteiger partial charge in [-0.05, 0) is 58.0 Å². The topological polar surface area (TPSA) is 89.4 Å². The first kappa shape index (κ1) is 25.6. The number of hydrogen-bond donors (Lipinski definition) is 1. The third kappa shape index (κ3) is 5.06. The zero-order valence-corrected chi connectivity index (χ0v) is 20.7. The number of nitrogens with zero attached hydrogens (tertiary/aromatic N) is 4. The molecule has 0 saturated carbocycles. The van der Waals surface area contributed by atoms with Crippen molar-refractivity contribution in [2.24, 2.45) is 7.05 Å². The van der Waals surface area contributed by atoms with Gasteiger partial charge in [-0.25, -0.2) is 9.97 Å². The van der Waals surface area contributed by atoms with Gasteiger partial charge in [0.2, 0.25) is 0 Å². The van der Waals surface area contributed by atoms with Crippen molar-refractivity contribution in [3.05, 3.63) is 63.3 Å². The van der Waals surface area contributed by atoms with Gasteiger partial charge in [0.1, 0.15) is 5.82 Å². The summed E-state index contributed by atoms with van der Waals surface area (Å²) in [4.78, 5) is 35.1. The minimum Gasteiger partial charge on any atom is -0.378 e. The van der Waals surface area contributed by atoms with Gasteiger partial charge in [0.15, 0.2) is 11.3 Å². The lowest BCUT2D eigenvalue weighted by molar-refractivity contribution is -0.141. The summed E-state index contributed by atoms with van der Waals surface area (Å²) in [7, 11) is 1.50. The molecule has 4 rings (SSSR count). The van der Waals surface area contributed by atoms with Gasteiger partial charge in [-0.1, -0.05) is 0 Å². The number of nitrogens with one attached hydrogen (secondary N) is 1. The monoisotopic (exact) mass is 503 g/mol. The van der Waals surface area contributed by atoms with Gasteiger partial charge in [0.25, 0.3) is 11.5 Å². The molecular weight excluding hydrogens is 475 g/mol. The van der Waals surface area contributed by atoms with Crippen LogP contribution in [0.3, 0.4) is 0 Å². The second-order valence-electron chi connectivity index (χ2n) is 9.23. The lowest BCUT2D eigenvalue weighted by Gasteiger charge is -2.35. The standard InChI is InChI=1S/C25H28F3N5O3/c1-13-11-33(12-14(2)36-13)23(34)17-6-8-18(9-7-17)29-15(3)19-10-20-22(31-21(19)25(26,27)28)30-16(4)32(5)24(20)35/h6-10,13-15,29H,11-12H2,1-5H3/t13-,14+,15?. The van der Waals surface area contributed by atoms with Crippen molar-refractivity contribution < 1.29 is 22.7 Å². The van der Waals surface area contributed by atoms with Crippen molar-refractivity contribution in [1.82, 2.24) is 19.4 Å². The predicted molar refractivity (Wildman–Crippen MR) is 129 cm³/mol. The number of carbonyl (C=O) groups is 1. The summed E-state index contributed by atoms with van der Waals surface area (Å²) in [6.07, 6.45) is -4.86. The molecule has 3 atom stereocenters. The number of aryl methyl sites for hydroxylation is 1. The summed E-state index contributed by atoms with van der Waals surface area (Å²) in [6.45, 7) is 7.89. The Morgan fingerprint density at radius 1 is 1.14 bits per heavy atom. The zero-order chi connectivity index (χ0) is 26.4. The Balaban J connectivity index is 1.61. The maximum atomic E-state index is 13.9. The van der Waals surface area contributed by atoms with Crippen LogP contribution in [-0.2, 0) is 18.0 Å². The van der Waals surface area contributed by atoms with Gasteiger partial charge in [-0.3, -0.25) is 14.2 Å². The average molecular weight is 504 g/mol. The molecule has 192 valence electrons. The molecule has 2 aromatic heterocycles. The van der Waals surface area contributed by atoms with Crippen molar-refractivity contribution in [2.45, 2.75) is 52.1 Å². The van der Waals surface area contributed by atoms with Crippen LogP contribution in [0.4, 0.5) is 18.9 Å². The summed E-state index contributed by atoms with van der Waals surface area (Å²) in [5, 5.41) is 3.04. The molecule has 36 heavy (non-hydrogen) atoms. The normalized spacial score (nSPS) is 19.4. The number of benzene rings is 1. The second-order valence-corrected chi connectivity index (χ2v) is 9.23. The molecule has 1 aliphatic heterocycles. The van der Waals surface area contributed by atoms with Crippen molar-refractivity contribution in [3.63, 3.8) is 0 Å². The Hall–Kier alpha value is -3.47. The van der Waals surface area contributed by atoms with Crippen LogP contribution in [0.5, 0.6) is 0 Å². The largest absolute Gasteiger partial charge is 0.433 e. The van der Waals surface area contributed by atoms with E-state index >= 15 is 0 Å². The van der Waals surface area contributed by atoms with Gasteiger partial charge in [0.05, 0.1) is 23.6 Å². The second kappa shape index (κ2) is 9.53. The highest BCUT2D eigenvalue weighted by Crippen LogP contribution is 2.35. The van der Waals surface area contributed by atoms with E-state index in [4.69, 9.17) is 4.74 Å². The van der Waals surface area contributed by atoms with E-state index in [-0.39, 0.29) is 40.5 Å². The molecule has 1 amide bonds. The molecule has 1 fully saturated rings. The fourth-order valence-corrected chi connectivity index (χ4v) is 4.44. The van der Waals surface area contributed by atoms with Crippen LogP contribution in [0.15, 0.2) is 35.1 Å². The van der Waals surface area contributed by atoms with E-state index < -0.39 is 23.5 Å². The minimum absolute atomic E-state index is 0.00895. The lowest BCUT2D eigenvalue weighted by atomic mass is 10.0. The first-order chi connectivity index (χ1) is 16.8. The maximum absolute atomic E-state index is 13.9. The van der Waals surface area contributed by atoms with Crippen LogP contribution < -0.4 is 10.9 Å². The van der Waals surface area contributed by atoms with E-state index in [2.05, 4.69) is 15.3 Å². The van der Waals surface area contributed by atoms with Crippen LogP contribution in [0.2, 0.25) is 0 Å². The summed E-state index contributed by atoms with van der Waals surface area (Å²) in [6, 6.07) is 6.91. The summed E-state index contributed by atoms with van der Waals surface area (Å²) >= 11 is 0. The summed E-state index contributed by atoms with van der Waals surface area (Å²) in [5.74, 6) is 0.135. The Morgan fingerprint density at radius 3 is 2.33 bits per heavy atom. The molecule has 8 nitrogen and oxygen atoms in total. The Morgan fingerprint density at radius 2 is 1.75 bits per heavy atom. The molecule has 11 heteroatoms. The minimum atomic E-state index is -4.74. The number of carbonyl (C=O) groups excluding carboxylic acids is 1. The van der Waals surface area contributed by atoms with E-state index in [9.17, 15) is 22.8 Å². The highest BCUT2D eigenvalue weighted by atomic mass is 19.4. The van der Waals surface area contributed by atoms with Crippen LogP contribution in [0.25, 0.3) is 11.0 Å². The molecule has 3 aromatic rings. The number of pyridine rings is 1. The van der Waals surface area contributed by atoms with Crippen molar-refractivity contribution >= 4 is 22.6 Å². The van der Waals surface area contributed by atoms with E-state index in [1.54, 1.807) is 36.1 Å². The number of alkyl halides is 3. The van der Waals surface area contributed by atoms with Gasteiger partial charge < -0.3 is 15.0 Å². The molecule has 1 saturated heterocycles.